The van der Waals surface area contributed by atoms with Crippen LogP contribution in [0.2, 0.25) is 0 Å². The fraction of sp³-hybridized carbons (Fsp3) is 0.429. The number of hydrogen-bond acceptors (Lipinski definition) is 8. The molecule has 1 aliphatic heterocycles. The highest BCUT2D eigenvalue weighted by Gasteiger charge is 2.44. The number of ether oxygens (including phenoxy) is 4. The standard InChI is InChI=1S/C21H26O8/c1-26-14-8-6-13(7-9-14)10-11-27-15-4-2-3-5-16(15)28-21-20(25)19(24)18(23)17(12-22)29-21/h2-9,17-25H,10-12H2,1H3/t17-,18-,19+,20-,21-/m1/s1. The Balaban J connectivity index is 1.62. The van der Waals surface area contributed by atoms with Crippen LogP contribution in [0.5, 0.6) is 17.2 Å². The smallest absolute Gasteiger partial charge is 0.229 e. The van der Waals surface area contributed by atoms with Crippen molar-refractivity contribution in [2.45, 2.75) is 37.1 Å². The summed E-state index contributed by atoms with van der Waals surface area (Å²) in [5.74, 6) is 1.54. The van der Waals surface area contributed by atoms with E-state index in [1.54, 1.807) is 31.4 Å². The molecule has 0 unspecified atom stereocenters. The van der Waals surface area contributed by atoms with Crippen LogP contribution in [-0.4, -0.2) is 71.5 Å². The summed E-state index contributed by atoms with van der Waals surface area (Å²) in [6, 6.07) is 14.5. The van der Waals surface area contributed by atoms with Gasteiger partial charge in [0, 0.05) is 6.42 Å². The fourth-order valence-electron chi connectivity index (χ4n) is 3.03. The highest BCUT2D eigenvalue weighted by atomic mass is 16.7. The largest absolute Gasteiger partial charge is 0.497 e. The van der Waals surface area contributed by atoms with Crippen molar-refractivity contribution in [3.8, 4) is 17.2 Å². The predicted molar refractivity (Wildman–Crippen MR) is 103 cm³/mol. The van der Waals surface area contributed by atoms with Crippen LogP contribution >= 0.6 is 0 Å². The zero-order chi connectivity index (χ0) is 20.8. The molecule has 1 heterocycles. The van der Waals surface area contributed by atoms with Gasteiger partial charge in [0.15, 0.2) is 11.5 Å². The van der Waals surface area contributed by atoms with Crippen molar-refractivity contribution >= 4 is 0 Å². The van der Waals surface area contributed by atoms with Gasteiger partial charge in [-0.3, -0.25) is 0 Å². The van der Waals surface area contributed by atoms with Crippen LogP contribution < -0.4 is 14.2 Å². The lowest BCUT2D eigenvalue weighted by Crippen LogP contribution is -2.60. The van der Waals surface area contributed by atoms with Gasteiger partial charge in [-0.2, -0.15) is 0 Å². The van der Waals surface area contributed by atoms with Crippen LogP contribution in [0.1, 0.15) is 5.56 Å². The molecule has 29 heavy (non-hydrogen) atoms. The highest BCUT2D eigenvalue weighted by molar-refractivity contribution is 5.39. The second kappa shape index (κ2) is 9.91. The first-order valence-corrected chi connectivity index (χ1v) is 9.35. The number of methoxy groups -OCH3 is 1. The topological polar surface area (TPSA) is 118 Å². The molecule has 0 spiro atoms. The monoisotopic (exact) mass is 406 g/mol. The Morgan fingerprint density at radius 2 is 1.59 bits per heavy atom. The van der Waals surface area contributed by atoms with E-state index in [1.807, 2.05) is 24.3 Å². The Kier molecular flexibility index (Phi) is 7.29. The maximum atomic E-state index is 10.1. The minimum Gasteiger partial charge on any atom is -0.497 e. The van der Waals surface area contributed by atoms with Crippen LogP contribution in [0.15, 0.2) is 48.5 Å². The molecule has 0 saturated carbocycles. The zero-order valence-electron chi connectivity index (χ0n) is 16.0. The van der Waals surface area contributed by atoms with Crippen molar-refractivity contribution in [1.82, 2.24) is 0 Å². The van der Waals surface area contributed by atoms with Crippen molar-refractivity contribution in [3.05, 3.63) is 54.1 Å². The first kappa shape index (κ1) is 21.4. The molecule has 1 fully saturated rings. The number of hydrogen-bond donors (Lipinski definition) is 4. The molecule has 5 atom stereocenters. The van der Waals surface area contributed by atoms with Gasteiger partial charge in [-0.15, -0.1) is 0 Å². The lowest BCUT2D eigenvalue weighted by atomic mass is 9.99. The third kappa shape index (κ3) is 5.17. The molecule has 0 amide bonds. The average molecular weight is 406 g/mol. The summed E-state index contributed by atoms with van der Waals surface area (Å²) in [5, 5.41) is 39.2. The second-order valence-electron chi connectivity index (χ2n) is 6.71. The average Bonchev–Trinajstić information content (AvgIpc) is 2.75. The Morgan fingerprint density at radius 3 is 2.24 bits per heavy atom. The summed E-state index contributed by atoms with van der Waals surface area (Å²) in [6.07, 6.45) is -6.07. The van der Waals surface area contributed by atoms with Gasteiger partial charge in [-0.05, 0) is 29.8 Å². The van der Waals surface area contributed by atoms with E-state index in [4.69, 9.17) is 18.9 Å². The van der Waals surface area contributed by atoms with Gasteiger partial charge in [0.25, 0.3) is 0 Å². The Morgan fingerprint density at radius 1 is 0.897 bits per heavy atom. The normalized spacial score (nSPS) is 26.7. The highest BCUT2D eigenvalue weighted by Crippen LogP contribution is 2.31. The summed E-state index contributed by atoms with van der Waals surface area (Å²) in [5.41, 5.74) is 1.08. The minimum atomic E-state index is -1.51. The van der Waals surface area contributed by atoms with E-state index < -0.39 is 37.3 Å². The molecule has 0 radical (unpaired) electrons. The molecule has 8 heteroatoms. The molecule has 0 aromatic heterocycles. The molecule has 1 saturated heterocycles. The summed E-state index contributed by atoms with van der Waals surface area (Å²) < 4.78 is 22.0. The van der Waals surface area contributed by atoms with E-state index >= 15 is 0 Å². The third-order valence-corrected chi connectivity index (χ3v) is 4.75. The van der Waals surface area contributed by atoms with Crippen molar-refractivity contribution in [3.63, 3.8) is 0 Å². The van der Waals surface area contributed by atoms with Crippen molar-refractivity contribution in [2.24, 2.45) is 0 Å². The van der Waals surface area contributed by atoms with E-state index in [0.717, 1.165) is 11.3 Å². The van der Waals surface area contributed by atoms with Gasteiger partial charge in [-0.1, -0.05) is 24.3 Å². The van der Waals surface area contributed by atoms with Crippen LogP contribution in [0.3, 0.4) is 0 Å². The molecule has 0 aliphatic carbocycles. The molecule has 4 N–H and O–H groups in total. The van der Waals surface area contributed by atoms with E-state index in [0.29, 0.717) is 24.5 Å². The van der Waals surface area contributed by atoms with E-state index in [2.05, 4.69) is 0 Å². The molecule has 8 nitrogen and oxygen atoms in total. The van der Waals surface area contributed by atoms with Gasteiger partial charge in [0.05, 0.1) is 20.3 Å². The quantitative estimate of drug-likeness (QED) is 0.501. The fourth-order valence-corrected chi connectivity index (χ4v) is 3.03. The molecule has 3 rings (SSSR count). The maximum Gasteiger partial charge on any atom is 0.229 e. The molecule has 1 aliphatic rings. The summed E-state index contributed by atoms with van der Waals surface area (Å²) >= 11 is 0. The van der Waals surface area contributed by atoms with Crippen molar-refractivity contribution in [1.29, 1.82) is 0 Å². The van der Waals surface area contributed by atoms with Crippen molar-refractivity contribution in [2.75, 3.05) is 20.3 Å². The van der Waals surface area contributed by atoms with Gasteiger partial charge in [0.1, 0.15) is 30.2 Å². The minimum absolute atomic E-state index is 0.312. The first-order chi connectivity index (χ1) is 14.0. The zero-order valence-corrected chi connectivity index (χ0v) is 16.0. The molecule has 158 valence electrons. The molecule has 0 bridgehead atoms. The lowest BCUT2D eigenvalue weighted by Gasteiger charge is -2.39. The predicted octanol–water partition coefficient (Wildman–Crippen LogP) is 0.495. The van der Waals surface area contributed by atoms with Crippen LogP contribution in [-0.2, 0) is 11.2 Å². The van der Waals surface area contributed by atoms with Gasteiger partial charge in [0.2, 0.25) is 6.29 Å². The number of benzene rings is 2. The number of rotatable bonds is 8. The van der Waals surface area contributed by atoms with Gasteiger partial charge < -0.3 is 39.4 Å². The van der Waals surface area contributed by atoms with E-state index in [9.17, 15) is 20.4 Å². The summed E-state index contributed by atoms with van der Waals surface area (Å²) in [7, 11) is 1.62. The number of aliphatic hydroxyl groups excluding tert-OH is 4. The number of aliphatic hydroxyl groups is 4. The molecular weight excluding hydrogens is 380 g/mol. The van der Waals surface area contributed by atoms with Crippen molar-refractivity contribution < 1.29 is 39.4 Å². The lowest BCUT2D eigenvalue weighted by molar-refractivity contribution is -0.277. The van der Waals surface area contributed by atoms with Crippen LogP contribution in [0.4, 0.5) is 0 Å². The van der Waals surface area contributed by atoms with Gasteiger partial charge in [-0.25, -0.2) is 0 Å². The Hall–Kier alpha value is -2.36. The Bertz CT molecular complexity index is 764. The van der Waals surface area contributed by atoms with Gasteiger partial charge >= 0.3 is 0 Å². The van der Waals surface area contributed by atoms with Crippen LogP contribution in [0.25, 0.3) is 0 Å². The van der Waals surface area contributed by atoms with E-state index in [1.165, 1.54) is 0 Å². The van der Waals surface area contributed by atoms with E-state index in [-0.39, 0.29) is 0 Å². The first-order valence-electron chi connectivity index (χ1n) is 9.35. The Labute approximate surface area is 168 Å². The number of para-hydroxylation sites is 2. The SMILES string of the molecule is COc1ccc(CCOc2ccccc2O[C@@H]2O[C@H](CO)[C@@H](O)[C@H](O)[C@H]2O)cc1. The molecule has 2 aromatic rings. The molecular formula is C21H26O8. The van der Waals surface area contributed by atoms with Crippen LogP contribution in [0, 0.1) is 0 Å². The third-order valence-electron chi connectivity index (χ3n) is 4.75. The summed E-state index contributed by atoms with van der Waals surface area (Å²) in [4.78, 5) is 0. The molecule has 2 aromatic carbocycles. The maximum absolute atomic E-state index is 10.1. The summed E-state index contributed by atoms with van der Waals surface area (Å²) in [6.45, 7) is -0.133. The second-order valence-corrected chi connectivity index (χ2v) is 6.71.